The van der Waals surface area contributed by atoms with Gasteiger partial charge in [-0.2, -0.15) is 0 Å². The summed E-state index contributed by atoms with van der Waals surface area (Å²) in [7, 11) is 0. The molecule has 0 saturated carbocycles. The lowest BCUT2D eigenvalue weighted by molar-refractivity contribution is -0.120. The number of fused-ring (bicyclic) bond motifs is 1. The fourth-order valence-corrected chi connectivity index (χ4v) is 3.07. The zero-order valence-electron chi connectivity index (χ0n) is 14.6. The molecule has 0 aliphatic heterocycles. The number of nitrogens with zero attached hydrogens (tertiary/aromatic N) is 3. The van der Waals surface area contributed by atoms with Gasteiger partial charge in [0.25, 0.3) is 0 Å². The highest BCUT2D eigenvalue weighted by molar-refractivity contribution is 5.93. The Morgan fingerprint density at radius 2 is 1.96 bits per heavy atom. The van der Waals surface area contributed by atoms with Gasteiger partial charge < -0.3 is 10.3 Å². The summed E-state index contributed by atoms with van der Waals surface area (Å²) in [6.07, 6.45) is 2.24. The summed E-state index contributed by atoms with van der Waals surface area (Å²) in [6.45, 7) is 9.26. The first-order valence-corrected chi connectivity index (χ1v) is 8.16. The Morgan fingerprint density at radius 1 is 1.21 bits per heavy atom. The minimum Gasteiger partial charge on any atom is -0.358 e. The lowest BCUT2D eigenvalue weighted by atomic mass is 10.0. The van der Waals surface area contributed by atoms with E-state index < -0.39 is 0 Å². The first kappa shape index (κ1) is 16.2. The van der Waals surface area contributed by atoms with Crippen molar-refractivity contribution in [1.82, 2.24) is 25.3 Å². The Balaban J connectivity index is 1.69. The molecule has 0 aliphatic rings. The molecule has 0 spiro atoms. The van der Waals surface area contributed by atoms with Crippen LogP contribution in [0.2, 0.25) is 0 Å². The van der Waals surface area contributed by atoms with Crippen molar-refractivity contribution in [2.45, 2.75) is 40.7 Å². The molecular weight excluding hydrogens is 302 g/mol. The van der Waals surface area contributed by atoms with Crippen molar-refractivity contribution in [2.24, 2.45) is 0 Å². The fourth-order valence-electron chi connectivity index (χ4n) is 3.07. The smallest absolute Gasteiger partial charge is 0.224 e. The molecule has 2 aromatic heterocycles. The molecule has 0 aliphatic carbocycles. The second-order valence-corrected chi connectivity index (χ2v) is 6.33. The number of amides is 1. The van der Waals surface area contributed by atoms with Crippen LogP contribution in [0.1, 0.15) is 28.1 Å². The van der Waals surface area contributed by atoms with Gasteiger partial charge >= 0.3 is 0 Å². The number of benzene rings is 1. The first-order chi connectivity index (χ1) is 11.5. The third-order valence-electron chi connectivity index (χ3n) is 4.34. The lowest BCUT2D eigenvalue weighted by Gasteiger charge is -2.07. The lowest BCUT2D eigenvalue weighted by Crippen LogP contribution is -2.28. The molecule has 6 heteroatoms. The number of aryl methyl sites for hydroxylation is 4. The highest BCUT2D eigenvalue weighted by Crippen LogP contribution is 2.28. The topological polar surface area (TPSA) is 75.6 Å². The average molecular weight is 325 g/mol. The SMILES string of the molecule is Cc1cn(CCNC(=O)Cc2c(C)[nH]c3c(C)ccc(C)c23)nn1. The monoisotopic (exact) mass is 325 g/mol. The van der Waals surface area contributed by atoms with Crippen LogP contribution in [0.5, 0.6) is 0 Å². The number of aromatic nitrogens is 4. The Hall–Kier alpha value is -2.63. The van der Waals surface area contributed by atoms with Crippen molar-refractivity contribution in [3.63, 3.8) is 0 Å². The second kappa shape index (κ2) is 6.47. The van der Waals surface area contributed by atoms with Crippen molar-refractivity contribution < 1.29 is 4.79 Å². The van der Waals surface area contributed by atoms with Crippen LogP contribution in [-0.2, 0) is 17.8 Å². The summed E-state index contributed by atoms with van der Waals surface area (Å²) in [5, 5.41) is 12.0. The van der Waals surface area contributed by atoms with Crippen LogP contribution in [0.3, 0.4) is 0 Å². The predicted octanol–water partition coefficient (Wildman–Crippen LogP) is 2.35. The molecule has 3 aromatic rings. The van der Waals surface area contributed by atoms with Gasteiger partial charge in [0.05, 0.1) is 18.7 Å². The van der Waals surface area contributed by atoms with E-state index in [1.165, 1.54) is 16.5 Å². The molecule has 1 amide bonds. The number of H-pyrrole nitrogens is 1. The van der Waals surface area contributed by atoms with Gasteiger partial charge in [-0.3, -0.25) is 9.48 Å². The number of rotatable bonds is 5. The fraction of sp³-hybridized carbons (Fsp3) is 0.389. The van der Waals surface area contributed by atoms with Gasteiger partial charge in [-0.1, -0.05) is 17.3 Å². The normalized spacial score (nSPS) is 11.2. The second-order valence-electron chi connectivity index (χ2n) is 6.33. The summed E-state index contributed by atoms with van der Waals surface area (Å²) >= 11 is 0. The molecule has 0 unspecified atom stereocenters. The van der Waals surface area contributed by atoms with Crippen molar-refractivity contribution in [1.29, 1.82) is 0 Å². The highest BCUT2D eigenvalue weighted by Gasteiger charge is 2.15. The molecule has 2 N–H and O–H groups in total. The first-order valence-electron chi connectivity index (χ1n) is 8.16. The van der Waals surface area contributed by atoms with Gasteiger partial charge in [0, 0.05) is 29.3 Å². The van der Waals surface area contributed by atoms with Crippen LogP contribution in [0.15, 0.2) is 18.3 Å². The molecule has 0 saturated heterocycles. The largest absolute Gasteiger partial charge is 0.358 e. The van der Waals surface area contributed by atoms with E-state index in [1.807, 2.05) is 20.0 Å². The Morgan fingerprint density at radius 3 is 2.67 bits per heavy atom. The van der Waals surface area contributed by atoms with Crippen molar-refractivity contribution in [3.8, 4) is 0 Å². The maximum atomic E-state index is 12.3. The summed E-state index contributed by atoms with van der Waals surface area (Å²) in [5.41, 5.74) is 6.55. The minimum absolute atomic E-state index is 0.0248. The minimum atomic E-state index is 0.0248. The molecule has 6 nitrogen and oxygen atoms in total. The van der Waals surface area contributed by atoms with E-state index in [0.29, 0.717) is 19.5 Å². The van der Waals surface area contributed by atoms with E-state index in [-0.39, 0.29) is 5.91 Å². The maximum absolute atomic E-state index is 12.3. The third kappa shape index (κ3) is 3.18. The molecule has 0 bridgehead atoms. The molecule has 126 valence electrons. The van der Waals surface area contributed by atoms with Gasteiger partial charge in [0.1, 0.15) is 0 Å². The van der Waals surface area contributed by atoms with E-state index in [4.69, 9.17) is 0 Å². The quantitative estimate of drug-likeness (QED) is 0.756. The van der Waals surface area contributed by atoms with Gasteiger partial charge in [-0.15, -0.1) is 5.10 Å². The molecule has 24 heavy (non-hydrogen) atoms. The zero-order valence-corrected chi connectivity index (χ0v) is 14.6. The summed E-state index contributed by atoms with van der Waals surface area (Å²) in [4.78, 5) is 15.8. The van der Waals surface area contributed by atoms with Gasteiger partial charge in [0.15, 0.2) is 0 Å². The Labute approximate surface area is 141 Å². The van der Waals surface area contributed by atoms with Crippen molar-refractivity contribution in [3.05, 3.63) is 46.4 Å². The number of carbonyl (C=O) groups excluding carboxylic acids is 1. The number of carbonyl (C=O) groups is 1. The molecule has 2 heterocycles. The van der Waals surface area contributed by atoms with E-state index in [0.717, 1.165) is 22.5 Å². The number of hydrogen-bond acceptors (Lipinski definition) is 3. The third-order valence-corrected chi connectivity index (χ3v) is 4.34. The van der Waals surface area contributed by atoms with Crippen LogP contribution in [0.25, 0.3) is 10.9 Å². The Bertz CT molecular complexity index is 890. The average Bonchev–Trinajstić information content (AvgIpc) is 3.08. The van der Waals surface area contributed by atoms with Gasteiger partial charge in [-0.25, -0.2) is 0 Å². The van der Waals surface area contributed by atoms with Crippen LogP contribution in [-0.4, -0.2) is 32.4 Å². The number of aromatic amines is 1. The Kier molecular flexibility index (Phi) is 4.38. The van der Waals surface area contributed by atoms with E-state index in [2.05, 4.69) is 46.6 Å². The predicted molar refractivity (Wildman–Crippen MR) is 94.0 cm³/mol. The molecule has 0 atom stereocenters. The van der Waals surface area contributed by atoms with E-state index >= 15 is 0 Å². The van der Waals surface area contributed by atoms with Crippen LogP contribution < -0.4 is 5.32 Å². The maximum Gasteiger partial charge on any atom is 0.224 e. The summed E-state index contributed by atoms with van der Waals surface area (Å²) in [6, 6.07) is 4.22. The molecule has 3 rings (SSSR count). The number of hydrogen-bond donors (Lipinski definition) is 2. The van der Waals surface area contributed by atoms with E-state index in [1.54, 1.807) is 4.68 Å². The highest BCUT2D eigenvalue weighted by atomic mass is 16.1. The molecule has 1 aromatic carbocycles. The summed E-state index contributed by atoms with van der Waals surface area (Å²) in [5.74, 6) is 0.0248. The molecular formula is C18H23N5O. The van der Waals surface area contributed by atoms with E-state index in [9.17, 15) is 4.79 Å². The van der Waals surface area contributed by atoms with Gasteiger partial charge in [-0.05, 0) is 44.4 Å². The van der Waals surface area contributed by atoms with Crippen molar-refractivity contribution in [2.75, 3.05) is 6.54 Å². The van der Waals surface area contributed by atoms with Crippen LogP contribution in [0.4, 0.5) is 0 Å². The van der Waals surface area contributed by atoms with Crippen LogP contribution in [0, 0.1) is 27.7 Å². The number of nitrogens with one attached hydrogen (secondary N) is 2. The molecule has 0 radical (unpaired) electrons. The van der Waals surface area contributed by atoms with Crippen LogP contribution >= 0.6 is 0 Å². The van der Waals surface area contributed by atoms with Gasteiger partial charge in [0.2, 0.25) is 5.91 Å². The standard InChI is InChI=1S/C18H23N5O/c1-11-5-6-12(2)18-17(11)15(14(4)20-18)9-16(24)19-7-8-23-10-13(3)21-22-23/h5-6,10,20H,7-9H2,1-4H3,(H,19,24). The molecule has 0 fully saturated rings. The summed E-state index contributed by atoms with van der Waals surface area (Å²) < 4.78 is 1.74. The zero-order chi connectivity index (χ0) is 17.3. The van der Waals surface area contributed by atoms with Crippen molar-refractivity contribution >= 4 is 16.8 Å².